The van der Waals surface area contributed by atoms with E-state index in [-0.39, 0.29) is 0 Å². The molecule has 0 aromatic carbocycles. The number of rotatable bonds is 2. The van der Waals surface area contributed by atoms with Crippen LogP contribution in [0.5, 0.6) is 0 Å². The molecule has 0 aliphatic carbocycles. The quantitative estimate of drug-likeness (QED) is 0.473. The minimum Gasteiger partial charge on any atom is -0.353 e. The van der Waals surface area contributed by atoms with Crippen LogP contribution >= 0.6 is 23.4 Å². The molecule has 0 saturated carbocycles. The van der Waals surface area contributed by atoms with Crippen molar-refractivity contribution in [3.8, 4) is 0 Å². The molecule has 1 aromatic heterocycles. The normalized spacial score (nSPS) is 25.5. The number of halogens is 1. The molecule has 0 bridgehead atoms. The Labute approximate surface area is 118 Å². The molecule has 1 aromatic rings. The van der Waals surface area contributed by atoms with E-state index < -0.39 is 0 Å². The molecule has 2 rings (SSSR count). The van der Waals surface area contributed by atoms with Crippen molar-refractivity contribution in [2.75, 3.05) is 31.3 Å². The van der Waals surface area contributed by atoms with Crippen molar-refractivity contribution in [1.82, 2.24) is 14.9 Å². The van der Waals surface area contributed by atoms with E-state index in [0.717, 1.165) is 24.1 Å². The van der Waals surface area contributed by atoms with E-state index in [1.807, 2.05) is 12.3 Å². The predicted octanol–water partition coefficient (Wildman–Crippen LogP) is 2.38. The number of likely N-dealkylation sites (N-methyl/N-ethyl adjacent to an activating group) is 1. The van der Waals surface area contributed by atoms with E-state index in [1.165, 1.54) is 11.8 Å². The van der Waals surface area contributed by atoms with Crippen molar-refractivity contribution in [2.45, 2.75) is 31.1 Å². The Morgan fingerprint density at radius 2 is 1.89 bits per heavy atom. The van der Waals surface area contributed by atoms with Gasteiger partial charge in [0.1, 0.15) is 11.0 Å². The second kappa shape index (κ2) is 5.63. The van der Waals surface area contributed by atoms with Crippen LogP contribution in [-0.2, 0) is 0 Å². The molecule has 0 N–H and O–H groups in total. The largest absolute Gasteiger partial charge is 0.353 e. The Bertz CT molecular complexity index is 417. The molecule has 6 heteroatoms. The van der Waals surface area contributed by atoms with Crippen molar-refractivity contribution in [3.05, 3.63) is 11.2 Å². The van der Waals surface area contributed by atoms with Gasteiger partial charge in [-0.25, -0.2) is 9.97 Å². The van der Waals surface area contributed by atoms with E-state index in [9.17, 15) is 0 Å². The maximum Gasteiger partial charge on any atom is 0.190 e. The van der Waals surface area contributed by atoms with Gasteiger partial charge in [-0.3, -0.25) is 4.90 Å². The molecule has 0 radical (unpaired) electrons. The molecule has 0 spiro atoms. The van der Waals surface area contributed by atoms with Crippen molar-refractivity contribution in [3.63, 3.8) is 0 Å². The third kappa shape index (κ3) is 2.90. The highest BCUT2D eigenvalue weighted by Crippen LogP contribution is 2.24. The lowest BCUT2D eigenvalue weighted by Crippen LogP contribution is -2.55. The van der Waals surface area contributed by atoms with Crippen LogP contribution in [0.15, 0.2) is 11.2 Å². The summed E-state index contributed by atoms with van der Waals surface area (Å²) >= 11 is 7.57. The van der Waals surface area contributed by atoms with E-state index in [4.69, 9.17) is 11.6 Å². The Morgan fingerprint density at radius 3 is 2.44 bits per heavy atom. The molecule has 1 fully saturated rings. The first-order valence-corrected chi connectivity index (χ1v) is 7.67. The summed E-state index contributed by atoms with van der Waals surface area (Å²) in [5, 5.41) is 1.25. The summed E-state index contributed by atoms with van der Waals surface area (Å²) in [5.41, 5.74) is 0. The first-order chi connectivity index (χ1) is 8.51. The van der Waals surface area contributed by atoms with Gasteiger partial charge in [0, 0.05) is 31.2 Å². The molecule has 1 aliphatic heterocycles. The summed E-state index contributed by atoms with van der Waals surface area (Å²) in [6.07, 6.45) is 1.96. The third-order valence-corrected chi connectivity index (χ3v) is 4.27. The van der Waals surface area contributed by atoms with Crippen LogP contribution in [-0.4, -0.2) is 53.3 Å². The highest BCUT2D eigenvalue weighted by atomic mass is 35.5. The number of nitrogens with zero attached hydrogens (tertiary/aromatic N) is 4. The average Bonchev–Trinajstić information content (AvgIpc) is 2.34. The van der Waals surface area contributed by atoms with Crippen molar-refractivity contribution < 1.29 is 0 Å². The zero-order chi connectivity index (χ0) is 13.3. The van der Waals surface area contributed by atoms with E-state index >= 15 is 0 Å². The fourth-order valence-corrected chi connectivity index (χ4v) is 2.83. The van der Waals surface area contributed by atoms with Crippen LogP contribution in [0.1, 0.15) is 13.8 Å². The average molecular weight is 287 g/mol. The fraction of sp³-hybridized carbons (Fsp3) is 0.667. The van der Waals surface area contributed by atoms with Crippen LogP contribution in [0, 0.1) is 0 Å². The summed E-state index contributed by atoms with van der Waals surface area (Å²) < 4.78 is 0. The van der Waals surface area contributed by atoms with Crippen LogP contribution in [0.2, 0.25) is 5.15 Å². The minimum atomic E-state index is 0.514. The monoisotopic (exact) mass is 286 g/mol. The Kier molecular flexibility index (Phi) is 4.35. The van der Waals surface area contributed by atoms with Crippen molar-refractivity contribution >= 4 is 29.2 Å². The molecule has 2 heterocycles. The van der Waals surface area contributed by atoms with E-state index in [2.05, 4.69) is 40.7 Å². The maximum atomic E-state index is 6.05. The van der Waals surface area contributed by atoms with Gasteiger partial charge in [0.25, 0.3) is 0 Å². The first-order valence-electron chi connectivity index (χ1n) is 6.06. The van der Waals surface area contributed by atoms with Crippen molar-refractivity contribution in [2.24, 2.45) is 0 Å². The van der Waals surface area contributed by atoms with Gasteiger partial charge in [0.15, 0.2) is 5.16 Å². The highest BCUT2D eigenvalue weighted by molar-refractivity contribution is 7.98. The van der Waals surface area contributed by atoms with Crippen LogP contribution in [0.25, 0.3) is 0 Å². The molecular weight excluding hydrogens is 268 g/mol. The first kappa shape index (κ1) is 13.9. The number of hydrogen-bond acceptors (Lipinski definition) is 5. The van der Waals surface area contributed by atoms with Gasteiger partial charge in [-0.15, -0.1) is 0 Å². The van der Waals surface area contributed by atoms with Gasteiger partial charge in [-0.05, 0) is 27.2 Å². The Hall–Kier alpha value is -0.520. The van der Waals surface area contributed by atoms with Gasteiger partial charge < -0.3 is 4.90 Å². The summed E-state index contributed by atoms with van der Waals surface area (Å²) in [6.45, 7) is 6.42. The maximum absolute atomic E-state index is 6.05. The Balaban J connectivity index is 2.23. The Morgan fingerprint density at radius 1 is 1.28 bits per heavy atom. The molecule has 2 unspecified atom stereocenters. The molecule has 1 aliphatic rings. The van der Waals surface area contributed by atoms with Crippen molar-refractivity contribution in [1.29, 1.82) is 0 Å². The molecule has 100 valence electrons. The molecular formula is C12H19ClN4S. The minimum absolute atomic E-state index is 0.514. The van der Waals surface area contributed by atoms with E-state index in [1.54, 1.807) is 0 Å². The molecule has 4 nitrogen and oxygen atoms in total. The van der Waals surface area contributed by atoms with Crippen LogP contribution < -0.4 is 4.90 Å². The topological polar surface area (TPSA) is 32.3 Å². The smallest absolute Gasteiger partial charge is 0.190 e. The number of thioether (sulfide) groups is 1. The lowest BCUT2D eigenvalue weighted by Gasteiger charge is -2.43. The molecule has 18 heavy (non-hydrogen) atoms. The second-order valence-electron chi connectivity index (χ2n) is 4.80. The fourth-order valence-electron chi connectivity index (χ4n) is 2.23. The van der Waals surface area contributed by atoms with Gasteiger partial charge >= 0.3 is 0 Å². The number of aromatic nitrogens is 2. The molecule has 0 amide bonds. The zero-order valence-corrected chi connectivity index (χ0v) is 12.8. The van der Waals surface area contributed by atoms with Gasteiger partial charge in [-0.1, -0.05) is 23.4 Å². The predicted molar refractivity (Wildman–Crippen MR) is 77.7 cm³/mol. The summed E-state index contributed by atoms with van der Waals surface area (Å²) in [5.74, 6) is 0.936. The zero-order valence-electron chi connectivity index (χ0n) is 11.2. The van der Waals surface area contributed by atoms with Crippen LogP contribution in [0.4, 0.5) is 5.82 Å². The lowest BCUT2D eigenvalue weighted by molar-refractivity contribution is 0.169. The standard InChI is InChI=1S/C12H19ClN4S/c1-8-6-17(7-9(2)16(8)3)11-5-10(13)14-12(15-11)18-4/h5,8-9H,6-7H2,1-4H3. The molecule has 2 atom stereocenters. The van der Waals surface area contributed by atoms with Gasteiger partial charge in [-0.2, -0.15) is 0 Å². The highest BCUT2D eigenvalue weighted by Gasteiger charge is 2.27. The summed E-state index contributed by atoms with van der Waals surface area (Å²) in [7, 11) is 2.17. The number of anilines is 1. The van der Waals surface area contributed by atoms with Gasteiger partial charge in [0.2, 0.25) is 0 Å². The SMILES string of the molecule is CSc1nc(Cl)cc(N2CC(C)N(C)C(C)C2)n1. The third-order valence-electron chi connectivity index (χ3n) is 3.53. The lowest BCUT2D eigenvalue weighted by atomic mass is 10.1. The second-order valence-corrected chi connectivity index (χ2v) is 5.96. The summed E-state index contributed by atoms with van der Waals surface area (Å²) in [6, 6.07) is 2.88. The molecule has 1 saturated heterocycles. The number of hydrogen-bond donors (Lipinski definition) is 0. The van der Waals surface area contributed by atoms with Gasteiger partial charge in [0.05, 0.1) is 0 Å². The number of piperazine rings is 1. The summed E-state index contributed by atoms with van der Waals surface area (Å²) in [4.78, 5) is 13.4. The van der Waals surface area contributed by atoms with E-state index in [0.29, 0.717) is 17.2 Å². The van der Waals surface area contributed by atoms with Crippen LogP contribution in [0.3, 0.4) is 0 Å².